The van der Waals surface area contributed by atoms with Crippen molar-refractivity contribution in [1.29, 1.82) is 0 Å². The molecular formula is C7H9NSe. The maximum atomic E-state index is 5.44. The second kappa shape index (κ2) is 3.02. The summed E-state index contributed by atoms with van der Waals surface area (Å²) in [5.74, 6) is 0. The van der Waals surface area contributed by atoms with Crippen LogP contribution in [0.2, 0.25) is 0 Å². The van der Waals surface area contributed by atoms with Crippen molar-refractivity contribution in [3.05, 3.63) is 29.8 Å². The predicted molar refractivity (Wildman–Crippen MR) is 41.1 cm³/mol. The molecule has 0 spiro atoms. The van der Waals surface area contributed by atoms with Crippen molar-refractivity contribution >= 4 is 20.5 Å². The first kappa shape index (κ1) is 6.81. The fourth-order valence-corrected chi connectivity index (χ4v) is 1.21. The fourth-order valence-electron chi connectivity index (χ4n) is 0.683. The number of nitrogens with two attached hydrogens (primary N) is 1. The van der Waals surface area contributed by atoms with Gasteiger partial charge in [-0.05, 0) is 0 Å². The normalized spacial score (nSPS) is 9.56. The molecule has 0 aliphatic carbocycles. The van der Waals surface area contributed by atoms with Gasteiger partial charge in [0.05, 0.1) is 0 Å². The Labute approximate surface area is 63.1 Å². The third-order valence-electron chi connectivity index (χ3n) is 1.21. The summed E-state index contributed by atoms with van der Waals surface area (Å²) in [6.45, 7) is 0.630. The summed E-state index contributed by atoms with van der Waals surface area (Å²) in [5, 5.41) is 0. The van der Waals surface area contributed by atoms with E-state index < -0.39 is 0 Å². The Hall–Kier alpha value is -0.301. The molecule has 0 aliphatic rings. The number of rotatable bonds is 1. The van der Waals surface area contributed by atoms with Gasteiger partial charge in [0.2, 0.25) is 0 Å². The fraction of sp³-hybridized carbons (Fsp3) is 0.143. The molecule has 0 heterocycles. The Kier molecular flexibility index (Phi) is 2.29. The Morgan fingerprint density at radius 1 is 1.33 bits per heavy atom. The van der Waals surface area contributed by atoms with E-state index in [0.29, 0.717) is 6.54 Å². The molecule has 1 nitrogen and oxygen atoms in total. The van der Waals surface area contributed by atoms with E-state index in [2.05, 4.69) is 16.0 Å². The second-order valence-electron chi connectivity index (χ2n) is 1.83. The van der Waals surface area contributed by atoms with Crippen molar-refractivity contribution in [1.82, 2.24) is 0 Å². The third-order valence-corrected chi connectivity index (χ3v) is 2.13. The molecule has 0 bridgehead atoms. The van der Waals surface area contributed by atoms with Crippen LogP contribution < -0.4 is 10.2 Å². The minimum atomic E-state index is 0.630. The molecule has 0 saturated heterocycles. The van der Waals surface area contributed by atoms with E-state index in [1.54, 1.807) is 0 Å². The molecular weight excluding hydrogens is 177 g/mol. The zero-order valence-electron chi connectivity index (χ0n) is 5.04. The van der Waals surface area contributed by atoms with Crippen LogP contribution in [0.1, 0.15) is 5.56 Å². The summed E-state index contributed by atoms with van der Waals surface area (Å²) < 4.78 is 1.22. The molecule has 1 rings (SSSR count). The zero-order chi connectivity index (χ0) is 6.69. The van der Waals surface area contributed by atoms with Crippen LogP contribution in [-0.4, -0.2) is 16.0 Å². The van der Waals surface area contributed by atoms with Gasteiger partial charge in [-0.2, -0.15) is 0 Å². The standard InChI is InChI=1S/C7H9NSe/c8-5-6-3-1-2-4-7(6)9/h1-4,9H,5,8H2. The van der Waals surface area contributed by atoms with Gasteiger partial charge < -0.3 is 0 Å². The van der Waals surface area contributed by atoms with Gasteiger partial charge in [-0.3, -0.25) is 0 Å². The van der Waals surface area contributed by atoms with Gasteiger partial charge in [-0.25, -0.2) is 0 Å². The molecule has 2 N–H and O–H groups in total. The van der Waals surface area contributed by atoms with E-state index in [1.807, 2.05) is 24.3 Å². The summed E-state index contributed by atoms with van der Waals surface area (Å²) in [7, 11) is 0. The zero-order valence-corrected chi connectivity index (χ0v) is 6.92. The first-order valence-corrected chi connectivity index (χ1v) is 3.75. The average molecular weight is 186 g/mol. The van der Waals surface area contributed by atoms with E-state index in [-0.39, 0.29) is 0 Å². The van der Waals surface area contributed by atoms with E-state index in [1.165, 1.54) is 10.0 Å². The van der Waals surface area contributed by atoms with Crippen LogP contribution in [0.3, 0.4) is 0 Å². The van der Waals surface area contributed by atoms with Gasteiger partial charge in [0.15, 0.2) is 0 Å². The van der Waals surface area contributed by atoms with Crippen LogP contribution >= 0.6 is 0 Å². The van der Waals surface area contributed by atoms with Crippen LogP contribution in [0.4, 0.5) is 0 Å². The molecule has 0 radical (unpaired) electrons. The van der Waals surface area contributed by atoms with Gasteiger partial charge in [-0.15, -0.1) is 0 Å². The van der Waals surface area contributed by atoms with E-state index >= 15 is 0 Å². The number of hydrogen-bond donors (Lipinski definition) is 1. The Morgan fingerprint density at radius 3 is 2.44 bits per heavy atom. The summed E-state index contributed by atoms with van der Waals surface area (Å²) in [5.41, 5.74) is 6.65. The van der Waals surface area contributed by atoms with Crippen LogP contribution in [0, 0.1) is 0 Å². The van der Waals surface area contributed by atoms with E-state index in [4.69, 9.17) is 5.73 Å². The molecule has 0 fully saturated rings. The van der Waals surface area contributed by atoms with Crippen molar-refractivity contribution < 1.29 is 0 Å². The maximum absolute atomic E-state index is 5.44. The van der Waals surface area contributed by atoms with Gasteiger partial charge >= 0.3 is 62.6 Å². The van der Waals surface area contributed by atoms with E-state index in [0.717, 1.165) is 0 Å². The van der Waals surface area contributed by atoms with Gasteiger partial charge in [0.1, 0.15) is 0 Å². The molecule has 0 unspecified atom stereocenters. The van der Waals surface area contributed by atoms with Crippen LogP contribution in [0.5, 0.6) is 0 Å². The first-order valence-electron chi connectivity index (χ1n) is 2.81. The summed E-state index contributed by atoms with van der Waals surface area (Å²) in [6, 6.07) is 8.08. The van der Waals surface area contributed by atoms with Gasteiger partial charge in [0.25, 0.3) is 0 Å². The number of benzene rings is 1. The Morgan fingerprint density at radius 2 is 2.00 bits per heavy atom. The molecule has 9 heavy (non-hydrogen) atoms. The third kappa shape index (κ3) is 1.55. The van der Waals surface area contributed by atoms with Gasteiger partial charge in [-0.1, -0.05) is 0 Å². The van der Waals surface area contributed by atoms with Crippen LogP contribution in [0.15, 0.2) is 24.3 Å². The Bertz CT molecular complexity index is 198. The average Bonchev–Trinajstić information content (AvgIpc) is 1.89. The summed E-state index contributed by atoms with van der Waals surface area (Å²) in [4.78, 5) is 0. The first-order chi connectivity index (χ1) is 4.34. The summed E-state index contributed by atoms with van der Waals surface area (Å²) in [6.07, 6.45) is 0. The molecule has 0 amide bonds. The molecule has 1 aromatic carbocycles. The monoisotopic (exact) mass is 187 g/mol. The van der Waals surface area contributed by atoms with Gasteiger partial charge in [0, 0.05) is 0 Å². The minimum absolute atomic E-state index is 0.630. The molecule has 2 heteroatoms. The topological polar surface area (TPSA) is 26.0 Å². The quantitative estimate of drug-likeness (QED) is 0.597. The second-order valence-corrected chi connectivity index (χ2v) is 2.84. The molecule has 0 aliphatic heterocycles. The molecule has 0 aromatic heterocycles. The summed E-state index contributed by atoms with van der Waals surface area (Å²) >= 11 is 2.51. The van der Waals surface area contributed by atoms with Crippen molar-refractivity contribution in [2.75, 3.05) is 0 Å². The predicted octanol–water partition coefficient (Wildman–Crippen LogP) is -0.329. The molecule has 1 aromatic rings. The van der Waals surface area contributed by atoms with Crippen molar-refractivity contribution in [2.24, 2.45) is 5.73 Å². The molecule has 48 valence electrons. The van der Waals surface area contributed by atoms with E-state index in [9.17, 15) is 0 Å². The van der Waals surface area contributed by atoms with Crippen molar-refractivity contribution in [2.45, 2.75) is 6.54 Å². The molecule has 0 atom stereocenters. The van der Waals surface area contributed by atoms with Crippen molar-refractivity contribution in [3.63, 3.8) is 0 Å². The van der Waals surface area contributed by atoms with Crippen molar-refractivity contribution in [3.8, 4) is 0 Å². The molecule has 0 saturated carbocycles. The van der Waals surface area contributed by atoms with Crippen LogP contribution in [-0.2, 0) is 6.54 Å². The number of hydrogen-bond acceptors (Lipinski definition) is 1. The Balaban J connectivity index is 3.01. The van der Waals surface area contributed by atoms with Crippen LogP contribution in [0.25, 0.3) is 0 Å². The SMILES string of the molecule is NCc1ccccc1[SeH].